The van der Waals surface area contributed by atoms with Crippen LogP contribution in [0.5, 0.6) is 11.5 Å². The summed E-state index contributed by atoms with van der Waals surface area (Å²) >= 11 is 0. The second-order valence-corrected chi connectivity index (χ2v) is 66.5. The van der Waals surface area contributed by atoms with E-state index in [-0.39, 0.29) is 47.6 Å². The van der Waals surface area contributed by atoms with Gasteiger partial charge >= 0.3 is 0 Å². The standard InChI is InChI=1S/3C28H44O3Si2/c1-27(2,3)32(7,8)26-24-21(16-17-23(24)29)20(22-15-13-18-30-25(22)26)14-11-12-19-31-33(9,10)28(4,5)6;1-27(2,3)32(7,8)26-22-15-16-23(29)24(22)20(21-17-19-30-25(21)26)14-12-11-13-18-31-33(9,10)28(4,5)6;1-27(2,3)32(7,8)30-24-20-16-13-11-12-14-18-22-26(29)23-19-15-17-21-25-31-33(9,10)28(4,5)6/h12-13,15-19H2,1-10H3;11,13,15-19H2,1-10H3;16,18,20-22,24-25H2,1-10H3. The van der Waals surface area contributed by atoms with Crippen molar-refractivity contribution >= 4 is 77.1 Å². The SMILES string of the molecule is CC(C)(C)[Si](C)(C)OCCC#CC#CC(=O)CCC#CC#CCCCO[Si](C)(C)C(C)(C)C.CC(C)(C)[Si](C)(C)OCCC#Cc1c2c(c([Si](C)(C)C(C)(C)C)c3c1CCC3=O)OCCC2.CC(C)(C)[Si](C)(C)OCCCC#Cc1c2c(c([Si](C)(C)C(C)(C)C)c3c1C(=O)CC3)OCC2. The molecule has 4 aliphatic rings. The number of benzene rings is 2. The lowest BCUT2D eigenvalue weighted by molar-refractivity contribution is -0.113. The van der Waals surface area contributed by atoms with Gasteiger partial charge in [0.25, 0.3) is 0 Å². The summed E-state index contributed by atoms with van der Waals surface area (Å²) in [4.78, 5) is 38.0. The van der Waals surface area contributed by atoms with E-state index in [2.05, 4.69) is 274 Å². The van der Waals surface area contributed by atoms with Crippen molar-refractivity contribution in [1.29, 1.82) is 0 Å². The highest BCUT2D eigenvalue weighted by Gasteiger charge is 2.48. The normalized spacial score (nSPS) is 14.8. The molecule has 0 aromatic heterocycles. The summed E-state index contributed by atoms with van der Waals surface area (Å²) in [5.74, 6) is 38.7. The third-order valence-corrected chi connectivity index (χ3v) is 52.6. The molecular formula is C84H132O9Si6. The molecule has 15 heteroatoms. The Bertz CT molecular complexity index is 3620. The zero-order chi connectivity index (χ0) is 75.2. The molecule has 0 bridgehead atoms. The predicted molar refractivity (Wildman–Crippen MR) is 434 cm³/mol. The molecule has 2 aromatic rings. The molecule has 546 valence electrons. The van der Waals surface area contributed by atoms with Crippen molar-refractivity contribution in [3.8, 4) is 82.5 Å². The number of hydrogen-bond donors (Lipinski definition) is 0. The Morgan fingerprint density at radius 3 is 1.27 bits per heavy atom. The molecule has 9 nitrogen and oxygen atoms in total. The molecule has 0 amide bonds. The Kier molecular flexibility index (Phi) is 30.6. The molecular weight excluding hydrogens is 1320 g/mol. The van der Waals surface area contributed by atoms with Gasteiger partial charge in [-0.2, -0.15) is 0 Å². The van der Waals surface area contributed by atoms with E-state index in [4.69, 9.17) is 27.2 Å². The average Bonchev–Trinajstić information content (AvgIpc) is 1.68. The maximum atomic E-state index is 13.2. The van der Waals surface area contributed by atoms with Gasteiger partial charge in [0.05, 0.1) is 29.4 Å². The summed E-state index contributed by atoms with van der Waals surface area (Å²) in [6, 6.07) is 0. The zero-order valence-corrected chi connectivity index (χ0v) is 74.0. The van der Waals surface area contributed by atoms with Crippen LogP contribution < -0.4 is 19.8 Å². The van der Waals surface area contributed by atoms with Crippen molar-refractivity contribution in [1.82, 2.24) is 0 Å². The van der Waals surface area contributed by atoms with E-state index in [1.165, 1.54) is 32.6 Å². The summed E-state index contributed by atoms with van der Waals surface area (Å²) in [6.45, 7) is 72.9. The molecule has 0 saturated heterocycles. The minimum atomic E-state index is -1.97. The lowest BCUT2D eigenvalue weighted by Crippen LogP contribution is -2.52. The number of carbonyl (C=O) groups is 3. The minimum Gasteiger partial charge on any atom is -0.493 e. The lowest BCUT2D eigenvalue weighted by atomic mass is 9.92. The molecule has 0 radical (unpaired) electrons. The molecule has 0 unspecified atom stereocenters. The number of Topliss-reactive ketones (excluding diaryl/α,β-unsaturated/α-hetero) is 3. The van der Waals surface area contributed by atoms with Gasteiger partial charge in [0.1, 0.15) is 11.5 Å². The van der Waals surface area contributed by atoms with Crippen LogP contribution >= 0.6 is 0 Å². The first-order chi connectivity index (χ1) is 45.3. The van der Waals surface area contributed by atoms with E-state index in [1.807, 2.05) is 0 Å². The number of carbonyl (C=O) groups excluding carboxylic acids is 3. The van der Waals surface area contributed by atoms with Gasteiger partial charge in [-0.05, 0) is 172 Å². The fourth-order valence-corrected chi connectivity index (χ4v) is 20.1. The Hall–Kier alpha value is -4.45. The Balaban J connectivity index is 0.000000315. The molecule has 2 heterocycles. The second kappa shape index (κ2) is 34.9. The molecule has 2 aromatic carbocycles. The van der Waals surface area contributed by atoms with E-state index in [0.717, 1.165) is 118 Å². The van der Waals surface area contributed by atoms with Crippen LogP contribution in [0.25, 0.3) is 0 Å². The number of hydrogen-bond acceptors (Lipinski definition) is 9. The van der Waals surface area contributed by atoms with Gasteiger partial charge in [0.15, 0.2) is 44.8 Å². The molecule has 0 N–H and O–H groups in total. The van der Waals surface area contributed by atoms with Crippen LogP contribution in [0.2, 0.25) is 109 Å². The van der Waals surface area contributed by atoms with Crippen molar-refractivity contribution in [2.75, 3.05) is 39.6 Å². The third-order valence-electron chi connectivity index (χ3n) is 23.4. The van der Waals surface area contributed by atoms with Gasteiger partial charge in [0, 0.05) is 118 Å². The number of fused-ring (bicyclic) bond motifs is 4. The van der Waals surface area contributed by atoms with E-state index < -0.39 is 49.4 Å². The van der Waals surface area contributed by atoms with E-state index in [9.17, 15) is 14.4 Å². The Morgan fingerprint density at radius 2 is 0.768 bits per heavy atom. The van der Waals surface area contributed by atoms with Crippen LogP contribution in [0.3, 0.4) is 0 Å². The number of rotatable bonds is 18. The summed E-state index contributed by atoms with van der Waals surface area (Å²) in [6.07, 6.45) is 11.2. The first kappa shape index (κ1) is 87.0. The average molecular weight is 1450 g/mol. The Morgan fingerprint density at radius 1 is 0.384 bits per heavy atom. The van der Waals surface area contributed by atoms with Crippen LogP contribution in [-0.2, 0) is 48.2 Å². The molecule has 2 aliphatic heterocycles. The van der Waals surface area contributed by atoms with Crippen molar-refractivity contribution in [3.63, 3.8) is 0 Å². The molecule has 0 fully saturated rings. The van der Waals surface area contributed by atoms with Crippen molar-refractivity contribution < 1.29 is 41.6 Å². The highest BCUT2D eigenvalue weighted by atomic mass is 28.4. The highest BCUT2D eigenvalue weighted by Crippen LogP contribution is 2.47. The first-order valence-electron chi connectivity index (χ1n) is 37.1. The van der Waals surface area contributed by atoms with Crippen LogP contribution in [0, 0.1) is 71.0 Å². The topological polar surface area (TPSA) is 107 Å². The van der Waals surface area contributed by atoms with Crippen molar-refractivity contribution in [3.05, 3.63) is 44.5 Å². The lowest BCUT2D eigenvalue weighted by Gasteiger charge is -2.41. The molecule has 99 heavy (non-hydrogen) atoms. The van der Waals surface area contributed by atoms with Gasteiger partial charge in [0.2, 0.25) is 5.78 Å². The van der Waals surface area contributed by atoms with Gasteiger partial charge in [-0.1, -0.05) is 192 Å². The Labute approximate surface area is 611 Å². The summed E-state index contributed by atoms with van der Waals surface area (Å²) in [5, 5.41) is 3.82. The molecule has 0 saturated carbocycles. The van der Waals surface area contributed by atoms with Gasteiger partial charge < -0.3 is 27.2 Å². The zero-order valence-electron chi connectivity index (χ0n) is 68.0. The minimum absolute atomic E-state index is 0.131. The van der Waals surface area contributed by atoms with Crippen LogP contribution in [0.15, 0.2) is 0 Å². The van der Waals surface area contributed by atoms with E-state index in [0.29, 0.717) is 51.9 Å². The van der Waals surface area contributed by atoms with Crippen LogP contribution in [0.1, 0.15) is 249 Å². The molecule has 2 aliphatic carbocycles. The van der Waals surface area contributed by atoms with Crippen molar-refractivity contribution in [2.45, 2.75) is 330 Å². The van der Waals surface area contributed by atoms with Crippen LogP contribution in [-0.4, -0.2) is 106 Å². The number of unbranched alkanes of at least 4 members (excludes halogenated alkanes) is 2. The maximum absolute atomic E-state index is 13.2. The second-order valence-electron chi connectivity index (χ2n) is 36.8. The van der Waals surface area contributed by atoms with Crippen LogP contribution in [0.4, 0.5) is 0 Å². The maximum Gasteiger partial charge on any atom is 0.207 e. The fourth-order valence-electron chi connectivity index (χ4n) is 10.8. The van der Waals surface area contributed by atoms with E-state index in [1.54, 1.807) is 0 Å². The summed E-state index contributed by atoms with van der Waals surface area (Å²) in [5.41, 5.74) is 8.82. The number of ether oxygens (including phenoxy) is 2. The van der Waals surface area contributed by atoms with Gasteiger partial charge in [-0.15, -0.1) is 0 Å². The largest absolute Gasteiger partial charge is 0.493 e. The summed E-state index contributed by atoms with van der Waals surface area (Å²) in [7, 11) is -10.7. The smallest absolute Gasteiger partial charge is 0.207 e. The first-order valence-corrected chi connectivity index (χ1v) is 54.7. The molecule has 0 atom stereocenters. The third kappa shape index (κ3) is 23.0. The van der Waals surface area contributed by atoms with Gasteiger partial charge in [-0.25, -0.2) is 0 Å². The monoisotopic (exact) mass is 1450 g/mol. The fraction of sp³-hybridized carbons (Fsp3) is 0.679. The molecule has 0 spiro atoms. The summed E-state index contributed by atoms with van der Waals surface area (Å²) < 4.78 is 37.4. The van der Waals surface area contributed by atoms with Crippen molar-refractivity contribution in [2.24, 2.45) is 0 Å². The molecule has 6 rings (SSSR count). The van der Waals surface area contributed by atoms with E-state index >= 15 is 0 Å². The number of ketones is 3. The highest BCUT2D eigenvalue weighted by molar-refractivity contribution is 6.94. The predicted octanol–water partition coefficient (Wildman–Crippen LogP) is 19.8. The quantitative estimate of drug-likeness (QED) is 0.0624. The van der Waals surface area contributed by atoms with Gasteiger partial charge in [-0.3, -0.25) is 14.4 Å².